The van der Waals surface area contributed by atoms with E-state index in [0.29, 0.717) is 0 Å². The van der Waals surface area contributed by atoms with E-state index in [0.717, 1.165) is 0 Å². The third-order valence-electron chi connectivity index (χ3n) is 1.70. The smallest absolute Gasteiger partial charge is 0.373 e. The number of rotatable bonds is 2. The molecular formula is C7H8O5. The first-order chi connectivity index (χ1) is 5.52. The van der Waals surface area contributed by atoms with Crippen molar-refractivity contribution in [1.82, 2.24) is 0 Å². The first-order valence-corrected chi connectivity index (χ1v) is 3.50. The van der Waals surface area contributed by atoms with E-state index < -0.39 is 23.6 Å². The van der Waals surface area contributed by atoms with Crippen molar-refractivity contribution in [1.29, 1.82) is 0 Å². The Balaban J connectivity index is 2.71. The van der Waals surface area contributed by atoms with Crippen molar-refractivity contribution in [2.75, 3.05) is 0 Å². The zero-order valence-electron chi connectivity index (χ0n) is 6.44. The lowest BCUT2D eigenvalue weighted by atomic mass is 10.0. The number of carboxylic acids is 1. The monoisotopic (exact) mass is 172 g/mol. The Bertz CT molecular complexity index is 244. The van der Waals surface area contributed by atoms with E-state index in [1.54, 1.807) is 6.92 Å². The maximum atomic E-state index is 10.8. The van der Waals surface area contributed by atoms with E-state index in [9.17, 15) is 14.4 Å². The molecule has 0 amide bonds. The van der Waals surface area contributed by atoms with Gasteiger partial charge in [-0.2, -0.15) is 0 Å². The predicted molar refractivity (Wildman–Crippen MR) is 36.3 cm³/mol. The van der Waals surface area contributed by atoms with Crippen LogP contribution in [0.2, 0.25) is 0 Å². The van der Waals surface area contributed by atoms with Gasteiger partial charge >= 0.3 is 11.9 Å². The predicted octanol–water partition coefficient (Wildman–Crippen LogP) is -0.408. The number of ketones is 1. The summed E-state index contributed by atoms with van der Waals surface area (Å²) in [5, 5.41) is 8.29. The molecule has 0 aliphatic carbocycles. The molecule has 1 fully saturated rings. The van der Waals surface area contributed by atoms with Crippen molar-refractivity contribution < 1.29 is 24.2 Å². The number of hydrogen-bond acceptors (Lipinski definition) is 4. The number of carbonyl (C=O) groups excluding carboxylic acids is 2. The summed E-state index contributed by atoms with van der Waals surface area (Å²) < 4.78 is 4.62. The molecule has 1 N–H and O–H groups in total. The SMILES string of the molecule is CC1CC(C(=O)C(=O)O)C(=O)O1. The van der Waals surface area contributed by atoms with Crippen LogP contribution in [0.25, 0.3) is 0 Å². The minimum atomic E-state index is -1.58. The fourth-order valence-electron chi connectivity index (χ4n) is 1.12. The van der Waals surface area contributed by atoms with Crippen molar-refractivity contribution in [3.63, 3.8) is 0 Å². The Labute approximate surface area is 68.3 Å². The number of aliphatic carboxylic acids is 1. The van der Waals surface area contributed by atoms with Crippen LogP contribution in [-0.2, 0) is 19.1 Å². The first-order valence-electron chi connectivity index (χ1n) is 3.50. The molecule has 66 valence electrons. The first kappa shape index (κ1) is 8.70. The van der Waals surface area contributed by atoms with Crippen molar-refractivity contribution in [2.24, 2.45) is 5.92 Å². The zero-order chi connectivity index (χ0) is 9.30. The van der Waals surface area contributed by atoms with Gasteiger partial charge in [0.05, 0.1) is 0 Å². The second-order valence-corrected chi connectivity index (χ2v) is 2.71. The molecule has 0 aromatic carbocycles. The largest absolute Gasteiger partial charge is 0.475 e. The number of carboxylic acid groups (broad SMARTS) is 1. The fraction of sp³-hybridized carbons (Fsp3) is 0.571. The average molecular weight is 172 g/mol. The Morgan fingerprint density at radius 3 is 2.50 bits per heavy atom. The Morgan fingerprint density at radius 1 is 1.58 bits per heavy atom. The average Bonchev–Trinajstić information content (AvgIpc) is 2.28. The van der Waals surface area contributed by atoms with Gasteiger partial charge in [0.25, 0.3) is 5.78 Å². The summed E-state index contributed by atoms with van der Waals surface area (Å²) in [5.41, 5.74) is 0. The van der Waals surface area contributed by atoms with E-state index in [2.05, 4.69) is 4.74 Å². The Hall–Kier alpha value is -1.39. The van der Waals surface area contributed by atoms with Crippen LogP contribution >= 0.6 is 0 Å². The van der Waals surface area contributed by atoms with Crippen LogP contribution in [-0.4, -0.2) is 28.9 Å². The molecule has 5 nitrogen and oxygen atoms in total. The van der Waals surface area contributed by atoms with Crippen LogP contribution in [0.3, 0.4) is 0 Å². The van der Waals surface area contributed by atoms with Crippen LogP contribution in [0.5, 0.6) is 0 Å². The molecule has 0 aromatic rings. The second-order valence-electron chi connectivity index (χ2n) is 2.71. The van der Waals surface area contributed by atoms with E-state index in [1.807, 2.05) is 0 Å². The van der Waals surface area contributed by atoms with E-state index in [1.165, 1.54) is 0 Å². The van der Waals surface area contributed by atoms with Crippen LogP contribution in [0.4, 0.5) is 0 Å². The van der Waals surface area contributed by atoms with Crippen molar-refractivity contribution >= 4 is 17.7 Å². The molecule has 5 heteroatoms. The minimum absolute atomic E-state index is 0.171. The summed E-state index contributed by atoms with van der Waals surface area (Å²) >= 11 is 0. The summed E-state index contributed by atoms with van der Waals surface area (Å²) in [6, 6.07) is 0. The molecule has 0 aromatic heterocycles. The van der Waals surface area contributed by atoms with Crippen molar-refractivity contribution in [3.8, 4) is 0 Å². The van der Waals surface area contributed by atoms with Gasteiger partial charge in [-0.3, -0.25) is 9.59 Å². The molecule has 1 aliphatic rings. The highest BCUT2D eigenvalue weighted by atomic mass is 16.6. The third kappa shape index (κ3) is 1.44. The van der Waals surface area contributed by atoms with Gasteiger partial charge in [0, 0.05) is 6.42 Å². The lowest BCUT2D eigenvalue weighted by Gasteiger charge is -1.97. The van der Waals surface area contributed by atoms with Gasteiger partial charge in [-0.1, -0.05) is 0 Å². The fourth-order valence-corrected chi connectivity index (χ4v) is 1.12. The van der Waals surface area contributed by atoms with Crippen LogP contribution in [0.15, 0.2) is 0 Å². The number of esters is 1. The molecule has 0 radical (unpaired) electrons. The Morgan fingerprint density at radius 2 is 2.17 bits per heavy atom. The quantitative estimate of drug-likeness (QED) is 0.348. The van der Waals surface area contributed by atoms with E-state index in [4.69, 9.17) is 5.11 Å². The summed E-state index contributed by atoms with van der Waals surface area (Å²) in [5.74, 6) is -4.48. The van der Waals surface area contributed by atoms with Gasteiger partial charge in [0.15, 0.2) is 0 Å². The molecule has 1 rings (SSSR count). The third-order valence-corrected chi connectivity index (χ3v) is 1.70. The lowest BCUT2D eigenvalue weighted by Crippen LogP contribution is -2.26. The number of cyclic esters (lactones) is 1. The minimum Gasteiger partial charge on any atom is -0.475 e. The molecule has 12 heavy (non-hydrogen) atoms. The van der Waals surface area contributed by atoms with E-state index >= 15 is 0 Å². The maximum absolute atomic E-state index is 10.8. The van der Waals surface area contributed by atoms with Crippen LogP contribution in [0, 0.1) is 5.92 Å². The second kappa shape index (κ2) is 2.92. The molecule has 1 aliphatic heterocycles. The zero-order valence-corrected chi connectivity index (χ0v) is 6.44. The van der Waals surface area contributed by atoms with E-state index in [-0.39, 0.29) is 12.5 Å². The summed E-state index contributed by atoms with van der Waals surface area (Å²) in [6.07, 6.45) is -0.185. The van der Waals surface area contributed by atoms with Crippen molar-refractivity contribution in [3.05, 3.63) is 0 Å². The summed E-state index contributed by atoms with van der Waals surface area (Å²) in [7, 11) is 0. The van der Waals surface area contributed by atoms with Gasteiger partial charge in [0.2, 0.25) is 0 Å². The normalized spacial score (nSPS) is 28.2. The Kier molecular flexibility index (Phi) is 2.12. The number of carbonyl (C=O) groups is 3. The maximum Gasteiger partial charge on any atom is 0.373 e. The number of hydrogen-bond donors (Lipinski definition) is 1. The van der Waals surface area contributed by atoms with Crippen LogP contribution < -0.4 is 0 Å². The lowest BCUT2D eigenvalue weighted by molar-refractivity contribution is -0.155. The standard InChI is InChI=1S/C7H8O5/c1-3-2-4(7(11)12-3)5(8)6(9)10/h3-4H,2H2,1H3,(H,9,10). The van der Waals surface area contributed by atoms with Crippen LogP contribution in [0.1, 0.15) is 13.3 Å². The van der Waals surface area contributed by atoms with Crippen molar-refractivity contribution in [2.45, 2.75) is 19.4 Å². The highest BCUT2D eigenvalue weighted by Gasteiger charge is 2.40. The van der Waals surface area contributed by atoms with Gasteiger partial charge in [-0.25, -0.2) is 4.79 Å². The molecular weight excluding hydrogens is 164 g/mol. The number of Topliss-reactive ketones (excluding diaryl/α,β-unsaturated/α-hetero) is 1. The highest BCUT2D eigenvalue weighted by Crippen LogP contribution is 2.21. The molecule has 0 saturated carbocycles. The molecule has 2 unspecified atom stereocenters. The summed E-state index contributed by atoms with van der Waals surface area (Å²) in [6.45, 7) is 1.62. The number of ether oxygens (including phenoxy) is 1. The molecule has 0 spiro atoms. The summed E-state index contributed by atoms with van der Waals surface area (Å²) in [4.78, 5) is 31.8. The molecule has 1 saturated heterocycles. The molecule has 1 heterocycles. The molecule has 2 atom stereocenters. The topological polar surface area (TPSA) is 80.7 Å². The van der Waals surface area contributed by atoms with Gasteiger partial charge in [-0.15, -0.1) is 0 Å². The van der Waals surface area contributed by atoms with Gasteiger partial charge in [0.1, 0.15) is 12.0 Å². The highest BCUT2D eigenvalue weighted by molar-refractivity contribution is 6.37. The van der Waals surface area contributed by atoms with Gasteiger partial charge < -0.3 is 9.84 Å². The van der Waals surface area contributed by atoms with Gasteiger partial charge in [-0.05, 0) is 6.92 Å². The molecule has 0 bridgehead atoms.